The van der Waals surface area contributed by atoms with Gasteiger partial charge in [-0.05, 0) is 39.5 Å². The van der Waals surface area contributed by atoms with E-state index in [9.17, 15) is 15.0 Å². The molecule has 4 nitrogen and oxygen atoms in total. The molecular formula is C12H23NO3. The molecule has 16 heavy (non-hydrogen) atoms. The molecule has 1 aliphatic heterocycles. The van der Waals surface area contributed by atoms with Crippen LogP contribution in [0.15, 0.2) is 0 Å². The van der Waals surface area contributed by atoms with Gasteiger partial charge in [0, 0.05) is 20.0 Å². The van der Waals surface area contributed by atoms with E-state index < -0.39 is 11.2 Å². The second kappa shape index (κ2) is 4.72. The Hall–Kier alpha value is -0.610. The maximum absolute atomic E-state index is 11.1. The molecule has 0 aromatic heterocycles. The van der Waals surface area contributed by atoms with Gasteiger partial charge < -0.3 is 15.1 Å². The van der Waals surface area contributed by atoms with E-state index >= 15 is 0 Å². The van der Waals surface area contributed by atoms with Crippen LogP contribution in [0.4, 0.5) is 0 Å². The van der Waals surface area contributed by atoms with E-state index in [1.54, 1.807) is 25.7 Å². The maximum Gasteiger partial charge on any atom is 0.219 e. The Balaban J connectivity index is 2.41. The summed E-state index contributed by atoms with van der Waals surface area (Å²) in [5, 5.41) is 19.9. The van der Waals surface area contributed by atoms with Crippen LogP contribution in [-0.4, -0.2) is 45.3 Å². The average Bonchev–Trinajstić information content (AvgIpc) is 2.15. The molecule has 1 amide bonds. The average molecular weight is 229 g/mol. The summed E-state index contributed by atoms with van der Waals surface area (Å²) in [6.45, 7) is 6.30. The van der Waals surface area contributed by atoms with Gasteiger partial charge in [-0.2, -0.15) is 0 Å². The van der Waals surface area contributed by atoms with Crippen molar-refractivity contribution in [1.82, 2.24) is 4.90 Å². The number of hydrogen-bond donors (Lipinski definition) is 2. The Morgan fingerprint density at radius 3 is 2.25 bits per heavy atom. The highest BCUT2D eigenvalue weighted by Crippen LogP contribution is 2.29. The monoisotopic (exact) mass is 229 g/mol. The lowest BCUT2D eigenvalue weighted by atomic mass is 9.84. The zero-order chi connectivity index (χ0) is 12.4. The van der Waals surface area contributed by atoms with Gasteiger partial charge in [0.1, 0.15) is 0 Å². The Bertz CT molecular complexity index is 249. The minimum absolute atomic E-state index is 0.0736. The number of hydrogen-bond acceptors (Lipinski definition) is 3. The Labute approximate surface area is 97.3 Å². The van der Waals surface area contributed by atoms with Gasteiger partial charge in [0.15, 0.2) is 0 Å². The molecule has 1 rings (SSSR count). The minimum Gasteiger partial charge on any atom is -0.390 e. The quantitative estimate of drug-likeness (QED) is 0.756. The van der Waals surface area contributed by atoms with Crippen molar-refractivity contribution in [2.24, 2.45) is 0 Å². The molecule has 0 saturated carbocycles. The summed E-state index contributed by atoms with van der Waals surface area (Å²) in [7, 11) is 0. The van der Waals surface area contributed by atoms with E-state index in [1.165, 1.54) is 0 Å². The number of carbonyl (C=O) groups is 1. The molecule has 4 heteroatoms. The summed E-state index contributed by atoms with van der Waals surface area (Å²) in [4.78, 5) is 12.9. The van der Waals surface area contributed by atoms with Gasteiger partial charge in [0.05, 0.1) is 11.2 Å². The summed E-state index contributed by atoms with van der Waals surface area (Å²) in [6.07, 6.45) is 2.41. The van der Waals surface area contributed by atoms with Crippen LogP contribution >= 0.6 is 0 Å². The number of amides is 1. The lowest BCUT2D eigenvalue weighted by Gasteiger charge is -2.39. The fraction of sp³-hybridized carbons (Fsp3) is 0.917. The van der Waals surface area contributed by atoms with Crippen LogP contribution in [0.1, 0.15) is 46.5 Å². The Morgan fingerprint density at radius 2 is 1.88 bits per heavy atom. The Morgan fingerprint density at radius 1 is 1.38 bits per heavy atom. The van der Waals surface area contributed by atoms with E-state index in [0.29, 0.717) is 38.8 Å². The maximum atomic E-state index is 11.1. The molecule has 1 aliphatic rings. The van der Waals surface area contributed by atoms with Crippen molar-refractivity contribution < 1.29 is 15.0 Å². The van der Waals surface area contributed by atoms with Gasteiger partial charge in [0.2, 0.25) is 5.91 Å². The largest absolute Gasteiger partial charge is 0.390 e. The van der Waals surface area contributed by atoms with Gasteiger partial charge in [-0.25, -0.2) is 0 Å². The van der Waals surface area contributed by atoms with Gasteiger partial charge in [-0.3, -0.25) is 4.79 Å². The lowest BCUT2D eigenvalue weighted by molar-refractivity contribution is -0.133. The molecule has 0 aromatic carbocycles. The fourth-order valence-corrected chi connectivity index (χ4v) is 2.03. The number of likely N-dealkylation sites (tertiary alicyclic amines) is 1. The van der Waals surface area contributed by atoms with Crippen LogP contribution < -0.4 is 0 Å². The van der Waals surface area contributed by atoms with Gasteiger partial charge in [-0.1, -0.05) is 0 Å². The fourth-order valence-electron chi connectivity index (χ4n) is 2.03. The second-order valence-electron chi connectivity index (χ2n) is 5.54. The van der Waals surface area contributed by atoms with Gasteiger partial charge in [-0.15, -0.1) is 0 Å². The molecule has 94 valence electrons. The summed E-state index contributed by atoms with van der Waals surface area (Å²) < 4.78 is 0. The van der Waals surface area contributed by atoms with Crippen LogP contribution in [0.2, 0.25) is 0 Å². The molecule has 0 aliphatic carbocycles. The zero-order valence-corrected chi connectivity index (χ0v) is 10.5. The molecule has 0 bridgehead atoms. The predicted molar refractivity (Wildman–Crippen MR) is 62.0 cm³/mol. The highest BCUT2D eigenvalue weighted by atomic mass is 16.3. The van der Waals surface area contributed by atoms with Crippen LogP contribution in [0.3, 0.4) is 0 Å². The summed E-state index contributed by atoms with van der Waals surface area (Å²) in [5.74, 6) is 0.0736. The van der Waals surface area contributed by atoms with Crippen molar-refractivity contribution in [3.8, 4) is 0 Å². The normalized spacial score (nSPS) is 20.9. The van der Waals surface area contributed by atoms with Crippen molar-refractivity contribution in [1.29, 1.82) is 0 Å². The summed E-state index contributed by atoms with van der Waals surface area (Å²) >= 11 is 0. The number of aliphatic hydroxyl groups is 2. The number of rotatable bonds is 3. The molecular weight excluding hydrogens is 206 g/mol. The molecule has 0 spiro atoms. The first kappa shape index (κ1) is 13.5. The SMILES string of the molecule is CC(=O)N1CCC(O)(CCC(C)(C)O)CC1. The third kappa shape index (κ3) is 4.10. The van der Waals surface area contributed by atoms with E-state index in [0.717, 1.165) is 0 Å². The van der Waals surface area contributed by atoms with Crippen LogP contribution in [-0.2, 0) is 4.79 Å². The van der Waals surface area contributed by atoms with E-state index in [2.05, 4.69) is 0 Å². The molecule has 0 atom stereocenters. The molecule has 1 saturated heterocycles. The van der Waals surface area contributed by atoms with Crippen molar-refractivity contribution in [3.05, 3.63) is 0 Å². The first-order chi connectivity index (χ1) is 7.22. The van der Waals surface area contributed by atoms with E-state index in [-0.39, 0.29) is 5.91 Å². The van der Waals surface area contributed by atoms with E-state index in [4.69, 9.17) is 0 Å². The van der Waals surface area contributed by atoms with E-state index in [1.807, 2.05) is 0 Å². The van der Waals surface area contributed by atoms with Crippen molar-refractivity contribution >= 4 is 5.91 Å². The molecule has 1 fully saturated rings. The zero-order valence-electron chi connectivity index (χ0n) is 10.5. The highest BCUT2D eigenvalue weighted by Gasteiger charge is 2.34. The first-order valence-electron chi connectivity index (χ1n) is 5.92. The van der Waals surface area contributed by atoms with Gasteiger partial charge >= 0.3 is 0 Å². The number of nitrogens with zero attached hydrogens (tertiary/aromatic N) is 1. The first-order valence-corrected chi connectivity index (χ1v) is 5.92. The Kier molecular flexibility index (Phi) is 3.97. The highest BCUT2D eigenvalue weighted by molar-refractivity contribution is 5.73. The van der Waals surface area contributed by atoms with Crippen LogP contribution in [0.25, 0.3) is 0 Å². The third-order valence-corrected chi connectivity index (χ3v) is 3.34. The standard InChI is InChI=1S/C12H23NO3/c1-10(14)13-8-6-12(16,7-9-13)5-4-11(2,3)15/h15-16H,4-9H2,1-3H3. The van der Waals surface area contributed by atoms with Crippen LogP contribution in [0, 0.1) is 0 Å². The lowest BCUT2D eigenvalue weighted by Crippen LogP contribution is -2.46. The number of carbonyl (C=O) groups excluding carboxylic acids is 1. The molecule has 1 heterocycles. The summed E-state index contributed by atoms with van der Waals surface area (Å²) in [6, 6.07) is 0. The molecule has 0 radical (unpaired) electrons. The topological polar surface area (TPSA) is 60.8 Å². The van der Waals surface area contributed by atoms with Crippen molar-refractivity contribution in [2.75, 3.05) is 13.1 Å². The molecule has 0 unspecified atom stereocenters. The minimum atomic E-state index is -0.729. The summed E-state index contributed by atoms with van der Waals surface area (Å²) in [5.41, 5.74) is -1.43. The molecule has 0 aromatic rings. The van der Waals surface area contributed by atoms with Crippen LogP contribution in [0.5, 0.6) is 0 Å². The smallest absolute Gasteiger partial charge is 0.219 e. The second-order valence-corrected chi connectivity index (χ2v) is 5.54. The van der Waals surface area contributed by atoms with Crippen molar-refractivity contribution in [2.45, 2.75) is 57.7 Å². The van der Waals surface area contributed by atoms with Crippen molar-refractivity contribution in [3.63, 3.8) is 0 Å². The van der Waals surface area contributed by atoms with Gasteiger partial charge in [0.25, 0.3) is 0 Å². The number of piperidine rings is 1. The predicted octanol–water partition coefficient (Wildman–Crippen LogP) is 0.911. The third-order valence-electron chi connectivity index (χ3n) is 3.34. The molecule has 2 N–H and O–H groups in total.